The van der Waals surface area contributed by atoms with E-state index >= 15 is 0 Å². The Kier molecular flexibility index (Phi) is 5.41. The van der Waals surface area contributed by atoms with Gasteiger partial charge in [0.2, 0.25) is 0 Å². The number of aromatic nitrogens is 1. The summed E-state index contributed by atoms with van der Waals surface area (Å²) < 4.78 is 0. The highest BCUT2D eigenvalue weighted by Gasteiger charge is 2.25. The molecule has 0 spiro atoms. The average Bonchev–Trinajstić information content (AvgIpc) is 2.73. The highest BCUT2D eigenvalue weighted by molar-refractivity contribution is 5.95. The Morgan fingerprint density at radius 1 is 1.39 bits per heavy atom. The van der Waals surface area contributed by atoms with Gasteiger partial charge in [0.1, 0.15) is 0 Å². The SMILES string of the molecule is CCCC(O)(CCC)CNC(=O)c1cc[nH]c1C. The molecule has 4 nitrogen and oxygen atoms in total. The molecule has 0 aromatic carbocycles. The molecule has 1 aromatic heterocycles. The maximum absolute atomic E-state index is 11.9. The van der Waals surface area contributed by atoms with Crippen LogP contribution in [-0.2, 0) is 0 Å². The first-order valence-electron chi connectivity index (χ1n) is 6.67. The van der Waals surface area contributed by atoms with Gasteiger partial charge in [-0.05, 0) is 25.8 Å². The summed E-state index contributed by atoms with van der Waals surface area (Å²) in [4.78, 5) is 14.9. The largest absolute Gasteiger partial charge is 0.388 e. The fourth-order valence-electron chi connectivity index (χ4n) is 2.27. The molecule has 3 N–H and O–H groups in total. The molecule has 4 heteroatoms. The second kappa shape index (κ2) is 6.59. The van der Waals surface area contributed by atoms with Crippen molar-refractivity contribution in [3.8, 4) is 0 Å². The van der Waals surface area contributed by atoms with Crippen LogP contribution in [0, 0.1) is 6.92 Å². The molecular formula is C14H24N2O2. The van der Waals surface area contributed by atoms with E-state index in [0.717, 1.165) is 18.5 Å². The zero-order chi connectivity index (χ0) is 13.6. The molecule has 1 heterocycles. The summed E-state index contributed by atoms with van der Waals surface area (Å²) in [6, 6.07) is 1.75. The van der Waals surface area contributed by atoms with E-state index in [1.807, 2.05) is 20.8 Å². The second-order valence-corrected chi connectivity index (χ2v) is 4.92. The zero-order valence-corrected chi connectivity index (χ0v) is 11.5. The van der Waals surface area contributed by atoms with Crippen LogP contribution in [-0.4, -0.2) is 28.1 Å². The molecule has 0 radical (unpaired) electrons. The Labute approximate surface area is 109 Å². The van der Waals surface area contributed by atoms with Gasteiger partial charge in [-0.25, -0.2) is 0 Å². The molecule has 0 aliphatic heterocycles. The van der Waals surface area contributed by atoms with Gasteiger partial charge in [0, 0.05) is 18.4 Å². The first-order chi connectivity index (χ1) is 8.52. The summed E-state index contributed by atoms with van der Waals surface area (Å²) in [5, 5.41) is 13.2. The minimum Gasteiger partial charge on any atom is -0.388 e. The van der Waals surface area contributed by atoms with E-state index in [1.165, 1.54) is 0 Å². The van der Waals surface area contributed by atoms with Crippen LogP contribution in [0.1, 0.15) is 55.6 Å². The van der Waals surface area contributed by atoms with Crippen molar-refractivity contribution in [2.75, 3.05) is 6.54 Å². The monoisotopic (exact) mass is 252 g/mol. The Balaban J connectivity index is 2.57. The van der Waals surface area contributed by atoms with Crippen LogP contribution in [0.2, 0.25) is 0 Å². The smallest absolute Gasteiger partial charge is 0.253 e. The van der Waals surface area contributed by atoms with Crippen LogP contribution in [0.15, 0.2) is 12.3 Å². The maximum atomic E-state index is 11.9. The summed E-state index contributed by atoms with van der Waals surface area (Å²) in [5.41, 5.74) is 0.719. The van der Waals surface area contributed by atoms with Crippen molar-refractivity contribution >= 4 is 5.91 Å². The van der Waals surface area contributed by atoms with Crippen LogP contribution < -0.4 is 5.32 Å². The second-order valence-electron chi connectivity index (χ2n) is 4.92. The van der Waals surface area contributed by atoms with Crippen molar-refractivity contribution in [2.24, 2.45) is 0 Å². The number of nitrogens with one attached hydrogen (secondary N) is 2. The molecule has 0 fully saturated rings. The molecule has 1 amide bonds. The lowest BCUT2D eigenvalue weighted by atomic mass is 9.92. The van der Waals surface area contributed by atoms with Gasteiger partial charge in [-0.3, -0.25) is 4.79 Å². The number of rotatable bonds is 7. The normalized spacial score (nSPS) is 11.6. The summed E-state index contributed by atoms with van der Waals surface area (Å²) in [5.74, 6) is -0.126. The Morgan fingerprint density at radius 2 is 2.00 bits per heavy atom. The van der Waals surface area contributed by atoms with Gasteiger partial charge >= 0.3 is 0 Å². The van der Waals surface area contributed by atoms with E-state index < -0.39 is 5.60 Å². The Bertz CT molecular complexity index is 379. The number of aryl methyl sites for hydroxylation is 1. The van der Waals surface area contributed by atoms with E-state index in [9.17, 15) is 9.90 Å². The van der Waals surface area contributed by atoms with Crippen LogP contribution in [0.3, 0.4) is 0 Å². The lowest BCUT2D eigenvalue weighted by Crippen LogP contribution is -2.42. The third kappa shape index (κ3) is 3.88. The summed E-state index contributed by atoms with van der Waals surface area (Å²) >= 11 is 0. The number of aromatic amines is 1. The average molecular weight is 252 g/mol. The van der Waals surface area contributed by atoms with E-state index in [0.29, 0.717) is 24.9 Å². The molecular weight excluding hydrogens is 228 g/mol. The lowest BCUT2D eigenvalue weighted by Gasteiger charge is -2.27. The number of amides is 1. The van der Waals surface area contributed by atoms with E-state index in [1.54, 1.807) is 12.3 Å². The van der Waals surface area contributed by atoms with Crippen LogP contribution >= 0.6 is 0 Å². The maximum Gasteiger partial charge on any atom is 0.253 e. The molecule has 18 heavy (non-hydrogen) atoms. The molecule has 0 atom stereocenters. The van der Waals surface area contributed by atoms with Gasteiger partial charge < -0.3 is 15.4 Å². The molecule has 0 saturated carbocycles. The minimum absolute atomic E-state index is 0.126. The van der Waals surface area contributed by atoms with Crippen molar-refractivity contribution in [3.05, 3.63) is 23.5 Å². The number of H-pyrrole nitrogens is 1. The Hall–Kier alpha value is -1.29. The fourth-order valence-corrected chi connectivity index (χ4v) is 2.27. The van der Waals surface area contributed by atoms with Crippen LogP contribution in [0.5, 0.6) is 0 Å². The predicted octanol–water partition coefficient (Wildman–Crippen LogP) is 2.38. The van der Waals surface area contributed by atoms with Crippen molar-refractivity contribution in [2.45, 2.75) is 52.1 Å². The van der Waals surface area contributed by atoms with Gasteiger partial charge in [0.15, 0.2) is 0 Å². The number of hydrogen-bond acceptors (Lipinski definition) is 2. The van der Waals surface area contributed by atoms with Gasteiger partial charge in [-0.2, -0.15) is 0 Å². The van der Waals surface area contributed by atoms with Gasteiger partial charge in [-0.15, -0.1) is 0 Å². The highest BCUT2D eigenvalue weighted by atomic mass is 16.3. The quantitative estimate of drug-likeness (QED) is 0.697. The molecule has 0 aliphatic rings. The molecule has 0 bridgehead atoms. The number of carbonyl (C=O) groups excluding carboxylic acids is 1. The number of hydrogen-bond donors (Lipinski definition) is 3. The summed E-state index contributed by atoms with van der Waals surface area (Å²) in [7, 11) is 0. The molecule has 102 valence electrons. The highest BCUT2D eigenvalue weighted by Crippen LogP contribution is 2.18. The number of carbonyl (C=O) groups is 1. The number of aliphatic hydroxyl groups is 1. The van der Waals surface area contributed by atoms with Crippen LogP contribution in [0.4, 0.5) is 0 Å². The van der Waals surface area contributed by atoms with E-state index in [4.69, 9.17) is 0 Å². The lowest BCUT2D eigenvalue weighted by molar-refractivity contribution is 0.0213. The summed E-state index contributed by atoms with van der Waals surface area (Å²) in [6.07, 6.45) is 5.00. The standard InChI is InChI=1S/C14H24N2O2/c1-4-7-14(18,8-5-2)10-16-13(17)12-6-9-15-11(12)3/h6,9,15,18H,4-5,7-8,10H2,1-3H3,(H,16,17). The van der Waals surface area contributed by atoms with Crippen molar-refractivity contribution < 1.29 is 9.90 Å². The fraction of sp³-hybridized carbons (Fsp3) is 0.643. The minimum atomic E-state index is -0.774. The van der Waals surface area contributed by atoms with Gasteiger partial charge in [0.25, 0.3) is 5.91 Å². The van der Waals surface area contributed by atoms with Crippen LogP contribution in [0.25, 0.3) is 0 Å². The van der Waals surface area contributed by atoms with Crippen molar-refractivity contribution in [3.63, 3.8) is 0 Å². The predicted molar refractivity (Wildman–Crippen MR) is 72.6 cm³/mol. The zero-order valence-electron chi connectivity index (χ0n) is 11.5. The molecule has 1 rings (SSSR count). The van der Waals surface area contributed by atoms with Crippen molar-refractivity contribution in [1.29, 1.82) is 0 Å². The van der Waals surface area contributed by atoms with E-state index in [-0.39, 0.29) is 5.91 Å². The first-order valence-corrected chi connectivity index (χ1v) is 6.67. The Morgan fingerprint density at radius 3 is 2.44 bits per heavy atom. The third-order valence-corrected chi connectivity index (χ3v) is 3.21. The van der Waals surface area contributed by atoms with E-state index in [2.05, 4.69) is 10.3 Å². The first kappa shape index (κ1) is 14.8. The molecule has 0 unspecified atom stereocenters. The van der Waals surface area contributed by atoms with Gasteiger partial charge in [0.05, 0.1) is 11.2 Å². The third-order valence-electron chi connectivity index (χ3n) is 3.21. The topological polar surface area (TPSA) is 65.1 Å². The summed E-state index contributed by atoms with van der Waals surface area (Å²) in [6.45, 7) is 6.26. The van der Waals surface area contributed by atoms with Crippen molar-refractivity contribution in [1.82, 2.24) is 10.3 Å². The van der Waals surface area contributed by atoms with Gasteiger partial charge in [-0.1, -0.05) is 26.7 Å². The molecule has 0 aliphatic carbocycles. The molecule has 1 aromatic rings. The molecule has 0 saturated heterocycles.